The number of ether oxygens (including phenoxy) is 1. The van der Waals surface area contributed by atoms with Gasteiger partial charge in [0.05, 0.1) is 5.39 Å². The highest BCUT2D eigenvalue weighted by Crippen LogP contribution is 2.31. The van der Waals surface area contributed by atoms with Crippen LogP contribution < -0.4 is 9.46 Å². The van der Waals surface area contributed by atoms with Gasteiger partial charge in [-0.15, -0.1) is 0 Å². The Hall–Kier alpha value is -2.05. The summed E-state index contributed by atoms with van der Waals surface area (Å²) in [4.78, 5) is 0. The van der Waals surface area contributed by atoms with E-state index in [9.17, 15) is 4.21 Å². The monoisotopic (exact) mass is 390 g/mol. The molecular weight excluding hydrogens is 372 g/mol. The van der Waals surface area contributed by atoms with Gasteiger partial charge in [0.25, 0.3) is 0 Å². The van der Waals surface area contributed by atoms with Crippen LogP contribution in [0.25, 0.3) is 11.0 Å². The Labute approximate surface area is 159 Å². The number of rotatable bonds is 5. The highest BCUT2D eigenvalue weighted by Gasteiger charge is 2.14. The Morgan fingerprint density at radius 2 is 2.04 bits per heavy atom. The molecule has 136 valence electrons. The average Bonchev–Trinajstić information content (AvgIpc) is 3.00. The summed E-state index contributed by atoms with van der Waals surface area (Å²) in [7, 11) is -1.23. The maximum atomic E-state index is 11.3. The normalized spacial score (nSPS) is 14.8. The third-order valence-electron chi connectivity index (χ3n) is 4.59. The number of hydrogen-bond donors (Lipinski definition) is 1. The van der Waals surface area contributed by atoms with Gasteiger partial charge in [0.2, 0.25) is 0 Å². The molecular formula is C19H19ClN2O3S. The Balaban J connectivity index is 1.54. The van der Waals surface area contributed by atoms with Crippen LogP contribution in [0.15, 0.2) is 34.9 Å². The molecule has 0 fully saturated rings. The predicted octanol–water partition coefficient (Wildman–Crippen LogP) is 4.64. The number of aromatic nitrogens is 1. The van der Waals surface area contributed by atoms with Crippen molar-refractivity contribution in [1.29, 1.82) is 0 Å². The average molecular weight is 391 g/mol. The van der Waals surface area contributed by atoms with E-state index in [1.807, 2.05) is 12.1 Å². The summed E-state index contributed by atoms with van der Waals surface area (Å²) in [6.07, 6.45) is 6.31. The van der Waals surface area contributed by atoms with Crippen molar-refractivity contribution in [3.63, 3.8) is 0 Å². The Bertz CT molecular complexity index is 986. The fourth-order valence-corrected chi connectivity index (χ4v) is 3.92. The highest BCUT2D eigenvalue weighted by atomic mass is 35.5. The Morgan fingerprint density at radius 3 is 2.85 bits per heavy atom. The summed E-state index contributed by atoms with van der Waals surface area (Å²) in [6.45, 7) is 0.344. The van der Waals surface area contributed by atoms with Crippen LogP contribution in [0.2, 0.25) is 5.02 Å². The lowest BCUT2D eigenvalue weighted by atomic mass is 9.92. The molecule has 3 aromatic rings. The van der Waals surface area contributed by atoms with Gasteiger partial charge in [-0.2, -0.15) is 0 Å². The summed E-state index contributed by atoms with van der Waals surface area (Å²) in [5, 5.41) is 5.16. The number of halogens is 1. The third kappa shape index (κ3) is 3.57. The molecule has 4 rings (SSSR count). The van der Waals surface area contributed by atoms with Gasteiger partial charge in [0, 0.05) is 16.8 Å². The van der Waals surface area contributed by atoms with Crippen molar-refractivity contribution >= 4 is 39.4 Å². The zero-order chi connectivity index (χ0) is 18.1. The molecule has 0 spiro atoms. The first-order valence-electron chi connectivity index (χ1n) is 8.52. The van der Waals surface area contributed by atoms with Crippen LogP contribution in [0, 0.1) is 0 Å². The molecule has 1 aromatic heterocycles. The van der Waals surface area contributed by atoms with E-state index in [1.165, 1.54) is 30.2 Å². The molecule has 0 saturated heterocycles. The summed E-state index contributed by atoms with van der Waals surface area (Å²) >= 11 is 6.40. The van der Waals surface area contributed by atoms with E-state index in [-0.39, 0.29) is 0 Å². The van der Waals surface area contributed by atoms with E-state index < -0.39 is 11.0 Å². The summed E-state index contributed by atoms with van der Waals surface area (Å²) in [5.41, 5.74) is 4.20. The van der Waals surface area contributed by atoms with Gasteiger partial charge in [-0.3, -0.25) is 4.72 Å². The predicted molar refractivity (Wildman–Crippen MR) is 104 cm³/mol. The molecule has 7 heteroatoms. The van der Waals surface area contributed by atoms with E-state index in [0.717, 1.165) is 24.2 Å². The SMILES string of the molecule is CS(=O)Nc1noc2cc(COc3ccc4c(c3)CCCC4)c(Cl)cc12. The van der Waals surface area contributed by atoms with Crippen LogP contribution >= 0.6 is 11.6 Å². The fourth-order valence-electron chi connectivity index (χ4n) is 3.28. The minimum absolute atomic E-state index is 0.344. The van der Waals surface area contributed by atoms with Crippen molar-refractivity contribution in [2.24, 2.45) is 0 Å². The molecule has 26 heavy (non-hydrogen) atoms. The second-order valence-electron chi connectivity index (χ2n) is 6.45. The number of nitrogens with one attached hydrogen (secondary N) is 1. The maximum absolute atomic E-state index is 11.3. The number of nitrogens with zero attached hydrogens (tertiary/aromatic N) is 1. The van der Waals surface area contributed by atoms with Crippen molar-refractivity contribution in [2.45, 2.75) is 32.3 Å². The molecule has 0 bridgehead atoms. The van der Waals surface area contributed by atoms with Crippen molar-refractivity contribution in [1.82, 2.24) is 5.16 Å². The molecule has 0 saturated carbocycles. The molecule has 1 unspecified atom stereocenters. The third-order valence-corrected chi connectivity index (χ3v) is 5.43. The van der Waals surface area contributed by atoms with E-state index in [4.69, 9.17) is 20.9 Å². The molecule has 1 aliphatic carbocycles. The number of anilines is 1. The molecule has 2 aromatic carbocycles. The first kappa shape index (κ1) is 17.4. The van der Waals surface area contributed by atoms with Gasteiger partial charge in [-0.05, 0) is 61.1 Å². The number of fused-ring (bicyclic) bond motifs is 2. The number of aryl methyl sites for hydroxylation is 2. The second kappa shape index (κ2) is 7.29. The lowest BCUT2D eigenvalue weighted by Crippen LogP contribution is -2.03. The van der Waals surface area contributed by atoms with Gasteiger partial charge >= 0.3 is 0 Å². The quantitative estimate of drug-likeness (QED) is 0.689. The lowest BCUT2D eigenvalue weighted by molar-refractivity contribution is 0.305. The lowest BCUT2D eigenvalue weighted by Gasteiger charge is -2.17. The second-order valence-corrected chi connectivity index (χ2v) is 7.97. The number of benzene rings is 2. The largest absolute Gasteiger partial charge is 0.489 e. The fraction of sp³-hybridized carbons (Fsp3) is 0.316. The Morgan fingerprint density at radius 1 is 1.23 bits per heavy atom. The van der Waals surface area contributed by atoms with Crippen LogP contribution in [0.5, 0.6) is 5.75 Å². The molecule has 1 heterocycles. The zero-order valence-corrected chi connectivity index (χ0v) is 16.0. The van der Waals surface area contributed by atoms with Gasteiger partial charge in [0.1, 0.15) is 23.3 Å². The molecule has 5 nitrogen and oxygen atoms in total. The Kier molecular flexibility index (Phi) is 4.87. The van der Waals surface area contributed by atoms with Crippen LogP contribution in [-0.2, 0) is 30.4 Å². The van der Waals surface area contributed by atoms with Gasteiger partial charge in [-0.25, -0.2) is 4.21 Å². The van der Waals surface area contributed by atoms with Crippen molar-refractivity contribution < 1.29 is 13.5 Å². The van der Waals surface area contributed by atoms with E-state index in [1.54, 1.807) is 6.07 Å². The first-order valence-corrected chi connectivity index (χ1v) is 10.5. The minimum atomic E-state index is -1.23. The van der Waals surface area contributed by atoms with Crippen LogP contribution in [0.3, 0.4) is 0 Å². The van der Waals surface area contributed by atoms with Crippen molar-refractivity contribution in [2.75, 3.05) is 11.0 Å². The van der Waals surface area contributed by atoms with Gasteiger partial charge in [0.15, 0.2) is 11.4 Å². The standard InChI is InChI=1S/C19H19ClN2O3S/c1-26(23)22-19-16-10-17(20)14(9-18(16)25-21-19)11-24-15-7-6-12-4-2-3-5-13(12)8-15/h6-10H,2-5,11H2,1H3,(H,21,22). The molecule has 1 aliphatic rings. The van der Waals surface area contributed by atoms with Crippen LogP contribution in [0.4, 0.5) is 5.82 Å². The van der Waals surface area contributed by atoms with Crippen LogP contribution in [0.1, 0.15) is 29.5 Å². The zero-order valence-electron chi connectivity index (χ0n) is 14.4. The topological polar surface area (TPSA) is 64.4 Å². The molecule has 0 radical (unpaired) electrons. The van der Waals surface area contributed by atoms with Crippen LogP contribution in [-0.4, -0.2) is 15.6 Å². The molecule has 1 N–H and O–H groups in total. The maximum Gasteiger partial charge on any atom is 0.189 e. The smallest absolute Gasteiger partial charge is 0.189 e. The molecule has 1 atom stereocenters. The van der Waals surface area contributed by atoms with Gasteiger partial charge in [-0.1, -0.05) is 22.8 Å². The highest BCUT2D eigenvalue weighted by molar-refractivity contribution is 7.85. The molecule has 0 aliphatic heterocycles. The number of hydrogen-bond acceptors (Lipinski definition) is 4. The summed E-state index contributed by atoms with van der Waals surface area (Å²) < 4.78 is 25.3. The van der Waals surface area contributed by atoms with E-state index in [0.29, 0.717) is 28.4 Å². The van der Waals surface area contributed by atoms with Gasteiger partial charge < -0.3 is 9.26 Å². The van der Waals surface area contributed by atoms with E-state index >= 15 is 0 Å². The van der Waals surface area contributed by atoms with E-state index in [2.05, 4.69) is 22.0 Å². The minimum Gasteiger partial charge on any atom is -0.489 e. The van der Waals surface area contributed by atoms with Crippen molar-refractivity contribution in [3.8, 4) is 5.75 Å². The summed E-state index contributed by atoms with van der Waals surface area (Å²) in [6, 6.07) is 9.88. The van der Waals surface area contributed by atoms with Crippen molar-refractivity contribution in [3.05, 3.63) is 52.0 Å². The first-order chi connectivity index (χ1) is 12.6. The summed E-state index contributed by atoms with van der Waals surface area (Å²) in [5.74, 6) is 1.27. The molecule has 0 amide bonds.